The largest absolute Gasteiger partial charge is 0.541 e. The maximum Gasteiger partial charge on any atom is 0.492 e. The Bertz CT molecular complexity index is 3310. The van der Waals surface area contributed by atoms with E-state index in [9.17, 15) is 15.3 Å². The van der Waals surface area contributed by atoms with Gasteiger partial charge in [0, 0.05) is 15.9 Å². The minimum atomic E-state index is -1.89. The molecule has 13 nitrogen and oxygen atoms in total. The van der Waals surface area contributed by atoms with Gasteiger partial charge in [-0.2, -0.15) is 0 Å². The first-order valence-electron chi connectivity index (χ1n) is 25.5. The summed E-state index contributed by atoms with van der Waals surface area (Å²) in [4.78, 5) is 1.14. The lowest BCUT2D eigenvalue weighted by Crippen LogP contribution is -2.43. The molecule has 0 aromatic heterocycles. The molecule has 0 amide bonds. The molecule has 0 spiro atoms. The summed E-state index contributed by atoms with van der Waals surface area (Å²) in [5.41, 5.74) is 6.95. The van der Waals surface area contributed by atoms with Crippen molar-refractivity contribution in [1.82, 2.24) is 0 Å². The Kier molecular flexibility index (Phi) is 24.4. The summed E-state index contributed by atoms with van der Waals surface area (Å²) in [5, 5.41) is 58.1. The molecule has 0 unspecified atom stereocenters. The Hall–Kier alpha value is -6.68. The van der Waals surface area contributed by atoms with Crippen LogP contribution in [-0.2, 0) is 13.2 Å². The minimum absolute atomic E-state index is 0.0365. The summed E-state index contributed by atoms with van der Waals surface area (Å²) in [6.07, 6.45) is 2.02. The molecule has 428 valence electrons. The van der Waals surface area contributed by atoms with Crippen LogP contribution in [0.1, 0.15) is 43.0 Å². The maximum atomic E-state index is 11.2. The summed E-state index contributed by atoms with van der Waals surface area (Å²) in [6, 6.07) is 47.3. The van der Waals surface area contributed by atoms with Gasteiger partial charge in [-0.3, -0.25) is 0 Å². The zero-order valence-corrected chi connectivity index (χ0v) is 53.2. The fourth-order valence-electron chi connectivity index (χ4n) is 7.55. The SMILES string of the molecule is COc1cc(-c2ccc(SC)cc2)c(OC)c(O)c1-c1ccc(OCc2ccccc2)c(O)c1.COc1cc(Br)c(OC)c(O)c1I.Cc1ccc(B(O)O)c(O)c1.Cc1ccc(OCc2ccccc2)c(O[Si](C)(C)C(C)(C)C)c1. The number of halogens is 2. The number of phenolic OH excluding ortho intramolecular Hbond substituents is 4. The molecule has 0 aliphatic rings. The molecule has 0 aliphatic carbocycles. The predicted molar refractivity (Wildman–Crippen MR) is 340 cm³/mol. The van der Waals surface area contributed by atoms with E-state index in [1.165, 1.54) is 31.9 Å². The zero-order chi connectivity index (χ0) is 59.6. The number of hydrogen-bond donors (Lipinski definition) is 6. The van der Waals surface area contributed by atoms with Crippen LogP contribution in [0.4, 0.5) is 0 Å². The molecule has 0 heterocycles. The third kappa shape index (κ3) is 17.9. The van der Waals surface area contributed by atoms with E-state index in [1.54, 1.807) is 56.3 Å². The van der Waals surface area contributed by atoms with E-state index < -0.39 is 15.4 Å². The van der Waals surface area contributed by atoms with Crippen LogP contribution in [-0.4, -0.2) is 80.6 Å². The number of rotatable bonds is 16. The number of thioether (sulfide) groups is 1. The van der Waals surface area contributed by atoms with Gasteiger partial charge in [0.25, 0.3) is 8.32 Å². The molecular formula is C63H71BBrIO13SSi. The maximum absolute atomic E-state index is 11.2. The highest BCUT2D eigenvalue weighted by Crippen LogP contribution is 2.51. The fourth-order valence-corrected chi connectivity index (χ4v) is 10.2. The average molecular weight is 1310 g/mol. The molecule has 0 aliphatic heterocycles. The van der Waals surface area contributed by atoms with Crippen molar-refractivity contribution in [2.24, 2.45) is 0 Å². The second-order valence-corrected chi connectivity index (χ2v) is 27.4. The van der Waals surface area contributed by atoms with Crippen LogP contribution in [0.5, 0.6) is 63.2 Å². The molecule has 8 aromatic rings. The first kappa shape index (κ1) is 65.1. The van der Waals surface area contributed by atoms with Crippen molar-refractivity contribution in [2.45, 2.75) is 70.9 Å². The summed E-state index contributed by atoms with van der Waals surface area (Å²) in [6.45, 7) is 16.1. The van der Waals surface area contributed by atoms with Crippen LogP contribution in [0, 0.1) is 17.4 Å². The van der Waals surface area contributed by atoms with Gasteiger partial charge in [-0.05, 0) is 165 Å². The second-order valence-electron chi connectivity index (χ2n) is 19.8. The van der Waals surface area contributed by atoms with E-state index in [4.69, 9.17) is 48.0 Å². The lowest BCUT2D eigenvalue weighted by atomic mass is 9.79. The highest BCUT2D eigenvalue weighted by Gasteiger charge is 2.39. The minimum Gasteiger partial charge on any atom is -0.541 e. The number of phenols is 4. The molecule has 18 heteroatoms. The normalized spacial score (nSPS) is 10.8. The summed E-state index contributed by atoms with van der Waals surface area (Å²) in [5.74, 6) is 3.77. The highest BCUT2D eigenvalue weighted by molar-refractivity contribution is 14.1. The monoisotopic (exact) mass is 1310 g/mol. The molecular weight excluding hydrogens is 1240 g/mol. The van der Waals surface area contributed by atoms with Crippen molar-refractivity contribution in [3.8, 4) is 85.5 Å². The Morgan fingerprint density at radius 1 is 0.556 bits per heavy atom. The fraction of sp³-hybridized carbons (Fsp3) is 0.238. The summed E-state index contributed by atoms with van der Waals surface area (Å²) in [7, 11) is 2.63. The average Bonchev–Trinajstić information content (AvgIpc) is 3.44. The number of benzene rings is 8. The Labute approximate surface area is 504 Å². The van der Waals surface area contributed by atoms with Crippen molar-refractivity contribution in [3.05, 3.63) is 182 Å². The van der Waals surface area contributed by atoms with E-state index in [1.807, 2.05) is 121 Å². The van der Waals surface area contributed by atoms with Gasteiger partial charge in [0.05, 0.1) is 38.5 Å². The van der Waals surface area contributed by atoms with Crippen LogP contribution in [0.15, 0.2) is 161 Å². The van der Waals surface area contributed by atoms with Crippen LogP contribution in [0.2, 0.25) is 18.1 Å². The topological polar surface area (TPSA) is 186 Å². The van der Waals surface area contributed by atoms with E-state index in [-0.39, 0.29) is 33.5 Å². The van der Waals surface area contributed by atoms with Crippen molar-refractivity contribution >= 4 is 71.2 Å². The third-order valence-electron chi connectivity index (χ3n) is 13.0. The molecule has 0 fully saturated rings. The van der Waals surface area contributed by atoms with Crippen LogP contribution >= 0.6 is 50.3 Å². The zero-order valence-electron chi connectivity index (χ0n) is 47.6. The van der Waals surface area contributed by atoms with Crippen molar-refractivity contribution in [3.63, 3.8) is 0 Å². The second kappa shape index (κ2) is 30.4. The summed E-state index contributed by atoms with van der Waals surface area (Å²) < 4.78 is 40.9. The van der Waals surface area contributed by atoms with Gasteiger partial charge in [0.2, 0.25) is 0 Å². The van der Waals surface area contributed by atoms with Crippen molar-refractivity contribution in [1.29, 1.82) is 0 Å². The number of hydrogen-bond acceptors (Lipinski definition) is 14. The first-order valence-corrected chi connectivity index (χ1v) is 31.5. The molecule has 0 bridgehead atoms. The molecule has 0 saturated carbocycles. The quantitative estimate of drug-likeness (QED) is 0.0305. The molecule has 8 rings (SSSR count). The lowest BCUT2D eigenvalue weighted by Gasteiger charge is -2.37. The van der Waals surface area contributed by atoms with E-state index >= 15 is 0 Å². The van der Waals surface area contributed by atoms with Crippen LogP contribution in [0.25, 0.3) is 22.3 Å². The molecule has 0 atom stereocenters. The molecule has 81 heavy (non-hydrogen) atoms. The Morgan fingerprint density at radius 3 is 1.59 bits per heavy atom. The van der Waals surface area contributed by atoms with E-state index in [0.717, 1.165) is 38.6 Å². The van der Waals surface area contributed by atoms with Gasteiger partial charge in [-0.25, -0.2) is 0 Å². The molecule has 0 radical (unpaired) electrons. The van der Waals surface area contributed by atoms with Gasteiger partial charge < -0.3 is 63.3 Å². The number of ether oxygens (including phenoxy) is 6. The van der Waals surface area contributed by atoms with Crippen LogP contribution in [0.3, 0.4) is 0 Å². The number of aryl methyl sites for hydroxylation is 2. The molecule has 0 saturated heterocycles. The van der Waals surface area contributed by atoms with Gasteiger partial charge >= 0.3 is 7.12 Å². The van der Waals surface area contributed by atoms with Crippen molar-refractivity contribution in [2.75, 3.05) is 34.7 Å². The summed E-state index contributed by atoms with van der Waals surface area (Å²) >= 11 is 6.92. The van der Waals surface area contributed by atoms with Gasteiger partial charge in [0.15, 0.2) is 40.2 Å². The number of methoxy groups -OCH3 is 4. The van der Waals surface area contributed by atoms with E-state index in [2.05, 4.69) is 81.0 Å². The van der Waals surface area contributed by atoms with Gasteiger partial charge in [0.1, 0.15) is 39.8 Å². The van der Waals surface area contributed by atoms with E-state index in [0.29, 0.717) is 66.7 Å². The standard InChI is InChI=1S/C28H26O5S.C20H28O2Si.C8H8BrIO3.C7H9BO3/c1-31-25-16-22(19-9-12-21(34-3)13-10-19)28(32-2)27(30)26(25)20-11-14-24(23(29)15-20)33-17-18-7-5-4-6-8-18;1-16-12-13-18(21-15-17-10-8-7-9-11-17)19(14-16)22-23(5,6)20(2,3)4;1-12-5-3-4(9)8(13-2)7(11)6(5)10;1-5-2-3-6(8(10)11)7(9)4-5/h4-16,29-30H,17H2,1-3H3;7-14H,15H2,1-6H3;3,11H,1-2H3;2-4,9-11H,1H3. The third-order valence-corrected chi connectivity index (χ3v) is 19.8. The Balaban J connectivity index is 0.000000219. The predicted octanol–water partition coefficient (Wildman–Crippen LogP) is 14.9. The number of aromatic hydroxyl groups is 4. The molecule has 8 aromatic carbocycles. The van der Waals surface area contributed by atoms with Gasteiger partial charge in [-0.15, -0.1) is 11.8 Å². The van der Waals surface area contributed by atoms with Gasteiger partial charge in [-0.1, -0.05) is 118 Å². The lowest BCUT2D eigenvalue weighted by molar-refractivity contribution is 0.289. The smallest absolute Gasteiger partial charge is 0.492 e. The van der Waals surface area contributed by atoms with Crippen molar-refractivity contribution < 1.29 is 63.3 Å². The first-order chi connectivity index (χ1) is 38.5. The molecule has 6 N–H and O–H groups in total. The van der Waals surface area contributed by atoms with Crippen LogP contribution < -0.4 is 38.3 Å². The highest BCUT2D eigenvalue weighted by atomic mass is 127. The Morgan fingerprint density at radius 2 is 1.09 bits per heavy atom.